The van der Waals surface area contributed by atoms with Gasteiger partial charge in [0.15, 0.2) is 0 Å². The van der Waals surface area contributed by atoms with Crippen LogP contribution in [0.4, 0.5) is 0 Å². The molecule has 0 unspecified atom stereocenters. The average Bonchev–Trinajstić information content (AvgIpc) is 4.05. The molecule has 80 heavy (non-hydrogen) atoms. The molecule has 2 heterocycles. The van der Waals surface area contributed by atoms with Gasteiger partial charge in [0.2, 0.25) is 0 Å². The van der Waals surface area contributed by atoms with Gasteiger partial charge in [-0.3, -0.25) is 0 Å². The van der Waals surface area contributed by atoms with Crippen molar-refractivity contribution in [1.82, 2.24) is 0 Å². The van der Waals surface area contributed by atoms with Crippen LogP contribution in [0.25, 0.3) is 0 Å². The van der Waals surface area contributed by atoms with E-state index in [1.54, 1.807) is 0 Å². The first kappa shape index (κ1) is 79.5. The number of rotatable bonds is 14. The zero-order valence-electron chi connectivity index (χ0n) is 57.0. The van der Waals surface area contributed by atoms with Crippen molar-refractivity contribution in [3.63, 3.8) is 0 Å². The number of hydrogen-bond acceptors (Lipinski definition) is 2. The lowest BCUT2D eigenvalue weighted by molar-refractivity contribution is 0.0135. The fraction of sp³-hybridized carbons (Fsp3) is 0.744. The van der Waals surface area contributed by atoms with Gasteiger partial charge in [0.25, 0.3) is 0 Å². The van der Waals surface area contributed by atoms with Gasteiger partial charge in [0.1, 0.15) is 11.5 Å². The molecule has 0 bridgehead atoms. The Morgan fingerprint density at radius 2 is 0.650 bits per heavy atom. The van der Waals surface area contributed by atoms with Crippen LogP contribution in [0.3, 0.4) is 0 Å². The van der Waals surface area contributed by atoms with Crippen LogP contribution < -0.4 is 0 Å². The Bertz CT molecular complexity index is 1890. The second-order valence-corrected chi connectivity index (χ2v) is 30.2. The molecule has 1 nitrogen and oxygen atoms in total. The van der Waals surface area contributed by atoms with Crippen molar-refractivity contribution in [1.29, 1.82) is 0 Å². The normalized spacial score (nSPS) is 18.3. The highest BCUT2D eigenvalue weighted by Crippen LogP contribution is 2.52. The number of thiophene rings is 1. The molecular weight excluding hydrogens is 985 g/mol. The maximum Gasteiger partial charge on any atom is 0.106 e. The van der Waals surface area contributed by atoms with Gasteiger partial charge in [-0.2, -0.15) is 0 Å². The van der Waals surface area contributed by atoms with E-state index in [1.165, 1.54) is 89.8 Å². The maximum absolute atomic E-state index is 5.61. The first-order valence-corrected chi connectivity index (χ1v) is 33.5. The molecule has 4 aromatic rings. The molecule has 3 saturated carbocycles. The zero-order chi connectivity index (χ0) is 59.8. The van der Waals surface area contributed by atoms with Crippen LogP contribution in [0.15, 0.2) is 77.2 Å². The Hall–Kier alpha value is -2.58. The summed E-state index contributed by atoms with van der Waals surface area (Å²) >= 11 is 1.95. The van der Waals surface area contributed by atoms with Crippen LogP contribution >= 0.6 is 11.3 Å². The third-order valence-electron chi connectivity index (χ3n) is 18.5. The van der Waals surface area contributed by atoms with Crippen molar-refractivity contribution < 1.29 is 4.42 Å². The molecule has 0 spiro atoms. The molecule has 0 N–H and O–H groups in total. The summed E-state index contributed by atoms with van der Waals surface area (Å²) in [5, 5.41) is 0. The van der Waals surface area contributed by atoms with E-state index >= 15 is 0 Å². The third kappa shape index (κ3) is 28.3. The topological polar surface area (TPSA) is 13.1 Å². The van der Waals surface area contributed by atoms with E-state index in [4.69, 9.17) is 4.42 Å². The van der Waals surface area contributed by atoms with E-state index in [1.807, 2.05) is 11.3 Å². The van der Waals surface area contributed by atoms with Gasteiger partial charge in [-0.1, -0.05) is 264 Å². The fourth-order valence-electron chi connectivity index (χ4n) is 11.2. The summed E-state index contributed by atoms with van der Waals surface area (Å²) in [6.07, 6.45) is 13.4. The number of hydrogen-bond donors (Lipinski definition) is 0. The molecule has 0 saturated heterocycles. The molecule has 0 amide bonds. The molecule has 3 aliphatic carbocycles. The first-order valence-electron chi connectivity index (χ1n) is 32.6. The third-order valence-corrected chi connectivity index (χ3v) is 20.2. The molecule has 0 atom stereocenters. The van der Waals surface area contributed by atoms with E-state index in [-0.39, 0.29) is 14.9 Å². The molecule has 0 radical (unpaired) electrons. The van der Waals surface area contributed by atoms with E-state index in [9.17, 15) is 0 Å². The van der Waals surface area contributed by atoms with Crippen molar-refractivity contribution >= 4 is 11.3 Å². The molecular formula is C78H140OS. The Balaban J connectivity index is 0. The summed E-state index contributed by atoms with van der Waals surface area (Å²) < 4.78 is 5.61. The quantitative estimate of drug-likeness (QED) is 0.123. The molecule has 464 valence electrons. The first-order chi connectivity index (χ1) is 36.2. The number of furan rings is 1. The predicted molar refractivity (Wildman–Crippen MR) is 369 cm³/mol. The highest BCUT2D eigenvalue weighted by Gasteiger charge is 2.42. The smallest absolute Gasteiger partial charge is 0.106 e. The van der Waals surface area contributed by atoms with Crippen LogP contribution in [-0.2, 0) is 0 Å². The predicted octanol–water partition coefficient (Wildman–Crippen LogP) is 27.6. The number of benzene rings is 2. The van der Waals surface area contributed by atoms with E-state index < -0.39 is 0 Å². The molecule has 2 heteroatoms. The second kappa shape index (κ2) is 39.9. The van der Waals surface area contributed by atoms with Gasteiger partial charge in [0.05, 0.1) is 0 Å². The fourth-order valence-corrected chi connectivity index (χ4v) is 12.2. The highest BCUT2D eigenvalue weighted by molar-refractivity contribution is 7.12. The van der Waals surface area contributed by atoms with Crippen molar-refractivity contribution in [2.45, 2.75) is 314 Å². The molecule has 7 rings (SSSR count). The van der Waals surface area contributed by atoms with E-state index in [0.717, 1.165) is 76.1 Å². The van der Waals surface area contributed by atoms with Gasteiger partial charge in [-0.05, 0) is 198 Å². The van der Waals surface area contributed by atoms with Crippen LogP contribution in [-0.4, -0.2) is 0 Å². The minimum Gasteiger partial charge on any atom is -0.466 e. The van der Waals surface area contributed by atoms with Crippen molar-refractivity contribution in [3.05, 3.63) is 116 Å². The molecule has 3 aliphatic rings. The average molecular weight is 1130 g/mol. The van der Waals surface area contributed by atoms with Gasteiger partial charge in [-0.15, -0.1) is 11.3 Å². The largest absolute Gasteiger partial charge is 0.466 e. The highest BCUT2D eigenvalue weighted by atomic mass is 32.1. The summed E-state index contributed by atoms with van der Waals surface area (Å²) in [6.45, 7) is 63.8. The Labute approximate surface area is 507 Å². The minimum atomic E-state index is 0. The van der Waals surface area contributed by atoms with Crippen LogP contribution in [0.5, 0.6) is 0 Å². The SMILES string of the molecule is C.C.CC(C)C1(C(C)C)CCC1.CC(C)C1CC(C(C)C)C1.CC(C)C1CCC(C(C)C)CC1.CC(C)c1ccc(C(C)C)cc1.CC(C)c1ccc(C(C)C)o1.CC(C)c1ccc(C(C)C)s1.CC(C)c1cccc(C(C)C)c1. The standard InChI is InChI=1S/C12H24.2C12H18.C10H16O.C10H16S.2C10H20.2CH4/c2*1-9(2)11-5-7-12(8-6-11)10(3)4;1-9(2)11-6-5-7-12(8-11)10(3)4;2*1-7(2)9-5-6-10(11-9)8(3)4;1-7(2)9-5-10(6-9)8(3)4;1-8(2)10(9(3)4)6-5-7-10;;/h9-12H,5-8H2,1-4H3;2*5-10H,1-4H3;2*5-8H,1-4H3;7-10H,5-6H2,1-4H3;8-9H,5-7H2,1-4H3;2*1H4. The molecule has 3 fully saturated rings. The van der Waals surface area contributed by atoms with Gasteiger partial charge < -0.3 is 4.42 Å². The molecule has 2 aromatic carbocycles. The van der Waals surface area contributed by atoms with Crippen molar-refractivity contribution in [2.75, 3.05) is 0 Å². The lowest BCUT2D eigenvalue weighted by Crippen LogP contribution is -2.39. The van der Waals surface area contributed by atoms with Crippen molar-refractivity contribution in [2.24, 2.45) is 64.6 Å². The van der Waals surface area contributed by atoms with Crippen LogP contribution in [0.2, 0.25) is 0 Å². The van der Waals surface area contributed by atoms with E-state index in [0.29, 0.717) is 47.3 Å². The minimum absolute atomic E-state index is 0. The Morgan fingerprint density at radius 1 is 0.350 bits per heavy atom. The zero-order valence-corrected chi connectivity index (χ0v) is 57.8. The lowest BCUT2D eigenvalue weighted by atomic mass is 9.56. The monoisotopic (exact) mass is 1130 g/mol. The van der Waals surface area contributed by atoms with Crippen LogP contribution in [0.1, 0.15) is 357 Å². The Kier molecular flexibility index (Phi) is 39.6. The molecule has 2 aromatic heterocycles. The molecule has 0 aliphatic heterocycles. The van der Waals surface area contributed by atoms with Gasteiger partial charge in [-0.25, -0.2) is 0 Å². The maximum atomic E-state index is 5.61. The van der Waals surface area contributed by atoms with Gasteiger partial charge >= 0.3 is 0 Å². The lowest BCUT2D eigenvalue weighted by Gasteiger charge is -2.49. The summed E-state index contributed by atoms with van der Waals surface area (Å²) in [5.74, 6) is 16.8. The van der Waals surface area contributed by atoms with Crippen LogP contribution in [0, 0.1) is 64.6 Å². The Morgan fingerprint density at radius 3 is 0.825 bits per heavy atom. The van der Waals surface area contributed by atoms with E-state index in [2.05, 4.69) is 267 Å². The second-order valence-electron chi connectivity index (χ2n) is 29.1. The van der Waals surface area contributed by atoms with Gasteiger partial charge in [0, 0.05) is 21.6 Å². The summed E-state index contributed by atoms with van der Waals surface area (Å²) in [6, 6.07) is 26.5. The summed E-state index contributed by atoms with van der Waals surface area (Å²) in [4.78, 5) is 3.02. The summed E-state index contributed by atoms with van der Waals surface area (Å²) in [5.41, 5.74) is 6.47. The summed E-state index contributed by atoms with van der Waals surface area (Å²) in [7, 11) is 0. The van der Waals surface area contributed by atoms with Crippen molar-refractivity contribution in [3.8, 4) is 0 Å².